The second-order valence-electron chi connectivity index (χ2n) is 6.17. The van der Waals surface area contributed by atoms with E-state index < -0.39 is 16.9 Å². The number of carbonyl (C=O) groups is 2. The minimum absolute atomic E-state index is 0.255. The van der Waals surface area contributed by atoms with Gasteiger partial charge in [-0.15, -0.1) is 0 Å². The summed E-state index contributed by atoms with van der Waals surface area (Å²) in [5.74, 6) is -1.53. The van der Waals surface area contributed by atoms with E-state index in [9.17, 15) is 18.4 Å². The molecule has 2 heterocycles. The summed E-state index contributed by atoms with van der Waals surface area (Å²) in [5, 5.41) is -0.0507. The number of aromatic nitrogens is 1. The second kappa shape index (κ2) is 6.25. The van der Waals surface area contributed by atoms with Gasteiger partial charge in [0.1, 0.15) is 16.9 Å². The Morgan fingerprint density at radius 1 is 1.08 bits per heavy atom. The van der Waals surface area contributed by atoms with E-state index in [1.807, 2.05) is 28.8 Å². The zero-order valence-electron chi connectivity index (χ0n) is 13.8. The number of thioether (sulfide) groups is 1. The maximum absolute atomic E-state index is 13.5. The van der Waals surface area contributed by atoms with Gasteiger partial charge in [-0.2, -0.15) is 0 Å². The standard InChI is InChI=1S/C19H14F2N2O2S/c1-22-18(24)17(26-19(22)25)15-10-23(16-5-3-2-4-14(15)16)9-11-6-12(20)8-13(21)7-11/h2-8,10,17H,9H2,1H3. The molecule has 4 rings (SSSR count). The smallest absolute Gasteiger partial charge is 0.289 e. The van der Waals surface area contributed by atoms with Crippen molar-refractivity contribution in [1.82, 2.24) is 9.47 Å². The van der Waals surface area contributed by atoms with Crippen LogP contribution in [-0.4, -0.2) is 27.7 Å². The minimum atomic E-state index is -0.634. The zero-order valence-corrected chi connectivity index (χ0v) is 14.6. The molecule has 4 nitrogen and oxygen atoms in total. The van der Waals surface area contributed by atoms with Gasteiger partial charge in [-0.3, -0.25) is 14.5 Å². The third-order valence-corrected chi connectivity index (χ3v) is 5.59. The molecule has 0 N–H and O–H groups in total. The van der Waals surface area contributed by atoms with Gasteiger partial charge in [0.2, 0.25) is 5.91 Å². The maximum atomic E-state index is 13.5. The molecule has 0 bridgehead atoms. The molecule has 1 fully saturated rings. The van der Waals surface area contributed by atoms with Crippen LogP contribution in [0, 0.1) is 11.6 Å². The normalized spacial score (nSPS) is 17.5. The molecule has 1 aromatic heterocycles. The Morgan fingerprint density at radius 3 is 2.42 bits per heavy atom. The van der Waals surface area contributed by atoms with Gasteiger partial charge in [0.25, 0.3) is 5.24 Å². The highest BCUT2D eigenvalue weighted by Crippen LogP contribution is 2.42. The fraction of sp³-hybridized carbons (Fsp3) is 0.158. The van der Waals surface area contributed by atoms with Crippen molar-refractivity contribution in [2.24, 2.45) is 0 Å². The molecule has 1 aliphatic heterocycles. The molecule has 1 aliphatic rings. The SMILES string of the molecule is CN1C(=O)SC(c2cn(Cc3cc(F)cc(F)c3)c3ccccc23)C1=O. The van der Waals surface area contributed by atoms with Gasteiger partial charge < -0.3 is 4.57 Å². The highest BCUT2D eigenvalue weighted by Gasteiger charge is 2.39. The summed E-state index contributed by atoms with van der Waals surface area (Å²) >= 11 is 0.978. The van der Waals surface area contributed by atoms with Gasteiger partial charge in [0.05, 0.1) is 0 Å². The Morgan fingerprint density at radius 2 is 1.77 bits per heavy atom. The number of rotatable bonds is 3. The number of amides is 2. The summed E-state index contributed by atoms with van der Waals surface area (Å²) in [4.78, 5) is 25.4. The fourth-order valence-corrected chi connectivity index (χ4v) is 4.23. The number of imide groups is 1. The maximum Gasteiger partial charge on any atom is 0.289 e. The van der Waals surface area contributed by atoms with E-state index in [-0.39, 0.29) is 17.7 Å². The van der Waals surface area contributed by atoms with Crippen LogP contribution in [0.4, 0.5) is 13.6 Å². The van der Waals surface area contributed by atoms with E-state index in [0.29, 0.717) is 5.56 Å². The monoisotopic (exact) mass is 372 g/mol. The van der Waals surface area contributed by atoms with Crippen molar-refractivity contribution < 1.29 is 18.4 Å². The van der Waals surface area contributed by atoms with E-state index in [4.69, 9.17) is 0 Å². The van der Waals surface area contributed by atoms with Gasteiger partial charge in [-0.05, 0) is 35.5 Å². The molecular formula is C19H14F2N2O2S. The molecule has 7 heteroatoms. The molecule has 2 amide bonds. The lowest BCUT2D eigenvalue weighted by molar-refractivity contribution is -0.125. The van der Waals surface area contributed by atoms with Crippen LogP contribution in [0.5, 0.6) is 0 Å². The minimum Gasteiger partial charge on any atom is -0.343 e. The quantitative estimate of drug-likeness (QED) is 0.687. The summed E-state index contributed by atoms with van der Waals surface area (Å²) in [6, 6.07) is 10.9. The molecule has 3 aromatic rings. The first-order valence-corrected chi connectivity index (χ1v) is 8.83. The first-order valence-electron chi connectivity index (χ1n) is 7.95. The Hall–Kier alpha value is -2.67. The van der Waals surface area contributed by atoms with E-state index in [2.05, 4.69) is 0 Å². The van der Waals surface area contributed by atoms with E-state index >= 15 is 0 Å². The number of benzene rings is 2. The molecule has 26 heavy (non-hydrogen) atoms. The van der Waals surface area contributed by atoms with Gasteiger partial charge in [-0.25, -0.2) is 8.78 Å². The molecule has 0 aliphatic carbocycles. The van der Waals surface area contributed by atoms with Gasteiger partial charge >= 0.3 is 0 Å². The Bertz CT molecular complexity index is 1030. The van der Waals surface area contributed by atoms with Crippen molar-refractivity contribution in [1.29, 1.82) is 0 Å². The zero-order chi connectivity index (χ0) is 18.4. The van der Waals surface area contributed by atoms with Crippen LogP contribution in [0.3, 0.4) is 0 Å². The summed E-state index contributed by atoms with van der Waals surface area (Å²) in [5.41, 5.74) is 2.04. The van der Waals surface area contributed by atoms with Gasteiger partial charge in [-0.1, -0.05) is 18.2 Å². The molecule has 2 aromatic carbocycles. The molecule has 0 spiro atoms. The molecule has 1 saturated heterocycles. The van der Waals surface area contributed by atoms with Crippen molar-refractivity contribution in [2.75, 3.05) is 7.05 Å². The van der Waals surface area contributed by atoms with Crippen LogP contribution in [0.15, 0.2) is 48.7 Å². The number of carbonyl (C=O) groups excluding carboxylic acids is 2. The fourth-order valence-electron chi connectivity index (χ4n) is 3.21. The molecule has 132 valence electrons. The predicted octanol–water partition coefficient (Wildman–Crippen LogP) is 4.33. The first-order chi connectivity index (χ1) is 12.4. The lowest BCUT2D eigenvalue weighted by Crippen LogP contribution is -2.24. The van der Waals surface area contributed by atoms with Crippen LogP contribution < -0.4 is 0 Å². The lowest BCUT2D eigenvalue weighted by Gasteiger charge is -2.07. The number of halogens is 2. The van der Waals surface area contributed by atoms with Crippen LogP contribution in [0.2, 0.25) is 0 Å². The van der Waals surface area contributed by atoms with E-state index in [1.165, 1.54) is 19.2 Å². The van der Waals surface area contributed by atoms with Gasteiger partial charge in [0, 0.05) is 42.3 Å². The summed E-state index contributed by atoms with van der Waals surface area (Å²) < 4.78 is 28.8. The Labute approximate surface area is 152 Å². The van der Waals surface area contributed by atoms with Crippen molar-refractivity contribution >= 4 is 33.8 Å². The average Bonchev–Trinajstić information content (AvgIpc) is 3.07. The topological polar surface area (TPSA) is 42.3 Å². The largest absolute Gasteiger partial charge is 0.343 e. The van der Waals surface area contributed by atoms with Crippen LogP contribution >= 0.6 is 11.8 Å². The highest BCUT2D eigenvalue weighted by molar-refractivity contribution is 8.15. The number of hydrogen-bond donors (Lipinski definition) is 0. The number of nitrogens with zero attached hydrogens (tertiary/aromatic N) is 2. The lowest BCUT2D eigenvalue weighted by atomic mass is 10.1. The third-order valence-electron chi connectivity index (χ3n) is 4.42. The summed E-state index contributed by atoms with van der Waals surface area (Å²) in [6.45, 7) is 0.255. The number of para-hydroxylation sites is 1. The first kappa shape index (κ1) is 16.8. The van der Waals surface area contributed by atoms with Crippen LogP contribution in [0.25, 0.3) is 10.9 Å². The number of hydrogen-bond acceptors (Lipinski definition) is 3. The Kier molecular flexibility index (Phi) is 4.03. The average molecular weight is 372 g/mol. The number of likely N-dealkylation sites (N-methyl/N-ethyl adjacent to an activating group) is 1. The molecule has 1 unspecified atom stereocenters. The van der Waals surface area contributed by atoms with Crippen molar-refractivity contribution in [3.63, 3.8) is 0 Å². The third kappa shape index (κ3) is 2.78. The van der Waals surface area contributed by atoms with Crippen LogP contribution in [0.1, 0.15) is 16.4 Å². The number of fused-ring (bicyclic) bond motifs is 1. The van der Waals surface area contributed by atoms with E-state index in [1.54, 1.807) is 6.20 Å². The highest BCUT2D eigenvalue weighted by atomic mass is 32.2. The summed E-state index contributed by atoms with van der Waals surface area (Å²) in [7, 11) is 1.46. The predicted molar refractivity (Wildman–Crippen MR) is 95.9 cm³/mol. The second-order valence-corrected chi connectivity index (χ2v) is 7.22. The molecule has 0 radical (unpaired) electrons. The molecule has 0 saturated carbocycles. The summed E-state index contributed by atoms with van der Waals surface area (Å²) in [6.07, 6.45) is 1.79. The molecule has 1 atom stereocenters. The van der Waals surface area contributed by atoms with Crippen molar-refractivity contribution in [2.45, 2.75) is 11.8 Å². The molecular weight excluding hydrogens is 358 g/mol. The Balaban J connectivity index is 1.79. The van der Waals surface area contributed by atoms with Crippen molar-refractivity contribution in [3.8, 4) is 0 Å². The van der Waals surface area contributed by atoms with Crippen molar-refractivity contribution in [3.05, 3.63) is 71.4 Å². The van der Waals surface area contributed by atoms with Crippen LogP contribution in [-0.2, 0) is 11.3 Å². The van der Waals surface area contributed by atoms with E-state index in [0.717, 1.165) is 39.2 Å². The van der Waals surface area contributed by atoms with Gasteiger partial charge in [0.15, 0.2) is 0 Å².